The van der Waals surface area contributed by atoms with Gasteiger partial charge < -0.3 is 15.5 Å². The molecule has 1 aromatic carbocycles. The minimum atomic E-state index is -0.392. The van der Waals surface area contributed by atoms with Gasteiger partial charge in [0.1, 0.15) is 0 Å². The maximum absolute atomic E-state index is 12.0. The van der Waals surface area contributed by atoms with E-state index in [2.05, 4.69) is 11.0 Å². The Balaban J connectivity index is 1.81. The number of nitrogens with two attached hydrogens (primary N) is 1. The third-order valence-electron chi connectivity index (χ3n) is 4.14. The van der Waals surface area contributed by atoms with Gasteiger partial charge >= 0.3 is 0 Å². The summed E-state index contributed by atoms with van der Waals surface area (Å²) in [6, 6.07) is 7.99. The van der Waals surface area contributed by atoms with Crippen LogP contribution in [0.3, 0.4) is 0 Å². The molecule has 1 aromatic rings. The predicted octanol–water partition coefficient (Wildman–Crippen LogP) is 1.12. The lowest BCUT2D eigenvalue weighted by molar-refractivity contribution is -0.123. The summed E-state index contributed by atoms with van der Waals surface area (Å²) in [5.74, 6) is -0.776. The summed E-state index contributed by atoms with van der Waals surface area (Å²) in [4.78, 5) is 27.3. The SMILES string of the molecule is NC(=O)C1CC(=O)N(c2cccc(N3CCCC3)c2)C1. The van der Waals surface area contributed by atoms with Gasteiger partial charge in [0.15, 0.2) is 0 Å². The number of hydrogen-bond donors (Lipinski definition) is 1. The zero-order valence-corrected chi connectivity index (χ0v) is 11.4. The molecular formula is C15H19N3O2. The Kier molecular flexibility index (Phi) is 3.34. The van der Waals surface area contributed by atoms with Crippen molar-refractivity contribution >= 4 is 23.2 Å². The van der Waals surface area contributed by atoms with Crippen LogP contribution in [0.5, 0.6) is 0 Å². The molecule has 2 heterocycles. The number of benzene rings is 1. The Hall–Kier alpha value is -2.04. The van der Waals surface area contributed by atoms with E-state index < -0.39 is 5.91 Å². The van der Waals surface area contributed by atoms with Gasteiger partial charge in [0.05, 0.1) is 5.92 Å². The molecule has 1 unspecified atom stereocenters. The Morgan fingerprint density at radius 1 is 1.20 bits per heavy atom. The van der Waals surface area contributed by atoms with Gasteiger partial charge in [-0.2, -0.15) is 0 Å². The first-order valence-electron chi connectivity index (χ1n) is 7.10. The standard InChI is InChI=1S/C15H19N3O2/c16-15(20)11-8-14(19)18(10-11)13-5-3-4-12(9-13)17-6-1-2-7-17/h3-5,9,11H,1-2,6-8,10H2,(H2,16,20). The van der Waals surface area contributed by atoms with Crippen LogP contribution in [0.2, 0.25) is 0 Å². The zero-order valence-electron chi connectivity index (χ0n) is 11.4. The fraction of sp³-hybridized carbons (Fsp3) is 0.467. The van der Waals surface area contributed by atoms with Crippen LogP contribution in [0.25, 0.3) is 0 Å². The van der Waals surface area contributed by atoms with Gasteiger partial charge in [0.2, 0.25) is 11.8 Å². The Bertz CT molecular complexity index is 538. The summed E-state index contributed by atoms with van der Waals surface area (Å²) in [5.41, 5.74) is 7.32. The lowest BCUT2D eigenvalue weighted by atomic mass is 10.1. The molecule has 106 valence electrons. The van der Waals surface area contributed by atoms with Crippen molar-refractivity contribution in [1.29, 1.82) is 0 Å². The fourth-order valence-electron chi connectivity index (χ4n) is 2.98. The van der Waals surface area contributed by atoms with E-state index in [-0.39, 0.29) is 18.2 Å². The van der Waals surface area contributed by atoms with E-state index in [0.717, 1.165) is 24.5 Å². The van der Waals surface area contributed by atoms with Gasteiger partial charge in [0, 0.05) is 37.4 Å². The Morgan fingerprint density at radius 2 is 1.90 bits per heavy atom. The maximum Gasteiger partial charge on any atom is 0.227 e. The minimum absolute atomic E-state index is 0.0210. The smallest absolute Gasteiger partial charge is 0.227 e. The molecule has 0 aromatic heterocycles. The van der Waals surface area contributed by atoms with Crippen molar-refractivity contribution in [2.45, 2.75) is 19.3 Å². The van der Waals surface area contributed by atoms with Crippen LogP contribution in [0, 0.1) is 5.92 Å². The second-order valence-corrected chi connectivity index (χ2v) is 5.52. The highest BCUT2D eigenvalue weighted by Gasteiger charge is 2.34. The number of anilines is 2. The molecule has 2 aliphatic heterocycles. The van der Waals surface area contributed by atoms with Crippen molar-refractivity contribution < 1.29 is 9.59 Å². The van der Waals surface area contributed by atoms with Crippen molar-refractivity contribution in [3.05, 3.63) is 24.3 Å². The van der Waals surface area contributed by atoms with Crippen molar-refractivity contribution in [2.24, 2.45) is 11.7 Å². The molecule has 0 saturated carbocycles. The summed E-state index contributed by atoms with van der Waals surface area (Å²) in [6.45, 7) is 2.54. The molecule has 2 fully saturated rings. The first-order valence-corrected chi connectivity index (χ1v) is 7.10. The quantitative estimate of drug-likeness (QED) is 0.897. The monoisotopic (exact) mass is 273 g/mol. The van der Waals surface area contributed by atoms with Gasteiger partial charge in [-0.05, 0) is 31.0 Å². The van der Waals surface area contributed by atoms with E-state index in [0.29, 0.717) is 6.54 Å². The summed E-state index contributed by atoms with van der Waals surface area (Å²) in [5, 5.41) is 0. The highest BCUT2D eigenvalue weighted by molar-refractivity contribution is 6.00. The van der Waals surface area contributed by atoms with Crippen LogP contribution >= 0.6 is 0 Å². The third kappa shape index (κ3) is 2.35. The van der Waals surface area contributed by atoms with E-state index in [1.165, 1.54) is 12.8 Å². The molecule has 0 bridgehead atoms. The van der Waals surface area contributed by atoms with E-state index in [1.54, 1.807) is 4.90 Å². The highest BCUT2D eigenvalue weighted by Crippen LogP contribution is 2.29. The van der Waals surface area contributed by atoms with Crippen molar-refractivity contribution in [2.75, 3.05) is 29.4 Å². The molecule has 2 saturated heterocycles. The second kappa shape index (κ2) is 5.15. The van der Waals surface area contributed by atoms with E-state index >= 15 is 0 Å². The number of carbonyl (C=O) groups is 2. The fourth-order valence-corrected chi connectivity index (χ4v) is 2.98. The van der Waals surface area contributed by atoms with Gasteiger partial charge in [-0.1, -0.05) is 6.07 Å². The second-order valence-electron chi connectivity index (χ2n) is 5.52. The van der Waals surface area contributed by atoms with Crippen LogP contribution in [-0.2, 0) is 9.59 Å². The number of nitrogens with zero attached hydrogens (tertiary/aromatic N) is 2. The summed E-state index contributed by atoms with van der Waals surface area (Å²) in [6.07, 6.45) is 2.66. The van der Waals surface area contributed by atoms with Crippen LogP contribution in [0.15, 0.2) is 24.3 Å². The molecule has 3 rings (SSSR count). The molecule has 0 aliphatic carbocycles. The van der Waals surface area contributed by atoms with E-state index in [4.69, 9.17) is 5.73 Å². The Morgan fingerprint density at radius 3 is 2.55 bits per heavy atom. The van der Waals surface area contributed by atoms with Crippen molar-refractivity contribution in [3.8, 4) is 0 Å². The van der Waals surface area contributed by atoms with Crippen LogP contribution in [0.4, 0.5) is 11.4 Å². The van der Waals surface area contributed by atoms with Crippen LogP contribution < -0.4 is 15.5 Å². The average molecular weight is 273 g/mol. The zero-order chi connectivity index (χ0) is 14.1. The minimum Gasteiger partial charge on any atom is -0.371 e. The van der Waals surface area contributed by atoms with E-state index in [1.807, 2.05) is 18.2 Å². The predicted molar refractivity (Wildman–Crippen MR) is 77.5 cm³/mol. The van der Waals surface area contributed by atoms with Gasteiger partial charge in [0.25, 0.3) is 0 Å². The van der Waals surface area contributed by atoms with Crippen molar-refractivity contribution in [1.82, 2.24) is 0 Å². The lowest BCUT2D eigenvalue weighted by Gasteiger charge is -2.21. The molecule has 1 atom stereocenters. The first kappa shape index (κ1) is 13.0. The summed E-state index contributed by atoms with van der Waals surface area (Å²) in [7, 11) is 0. The van der Waals surface area contributed by atoms with Gasteiger partial charge in [-0.15, -0.1) is 0 Å². The molecule has 0 radical (unpaired) electrons. The number of primary amides is 1. The van der Waals surface area contributed by atoms with Crippen LogP contribution in [-0.4, -0.2) is 31.4 Å². The molecule has 2 amide bonds. The Labute approximate surface area is 118 Å². The molecule has 5 nitrogen and oxygen atoms in total. The average Bonchev–Trinajstić information content (AvgIpc) is 3.08. The number of amides is 2. The van der Waals surface area contributed by atoms with E-state index in [9.17, 15) is 9.59 Å². The normalized spacial score (nSPS) is 22.6. The van der Waals surface area contributed by atoms with Gasteiger partial charge in [-0.25, -0.2) is 0 Å². The summed E-state index contributed by atoms with van der Waals surface area (Å²) >= 11 is 0. The molecule has 5 heteroatoms. The molecule has 2 aliphatic rings. The molecular weight excluding hydrogens is 254 g/mol. The lowest BCUT2D eigenvalue weighted by Crippen LogP contribution is -2.28. The largest absolute Gasteiger partial charge is 0.371 e. The van der Waals surface area contributed by atoms with Gasteiger partial charge in [-0.3, -0.25) is 9.59 Å². The third-order valence-corrected chi connectivity index (χ3v) is 4.14. The summed E-state index contributed by atoms with van der Waals surface area (Å²) < 4.78 is 0. The van der Waals surface area contributed by atoms with Crippen LogP contribution in [0.1, 0.15) is 19.3 Å². The number of rotatable bonds is 3. The number of carbonyl (C=O) groups excluding carboxylic acids is 2. The topological polar surface area (TPSA) is 66.6 Å². The molecule has 20 heavy (non-hydrogen) atoms. The first-order chi connectivity index (χ1) is 9.65. The highest BCUT2D eigenvalue weighted by atomic mass is 16.2. The molecule has 2 N–H and O–H groups in total. The number of hydrogen-bond acceptors (Lipinski definition) is 3. The van der Waals surface area contributed by atoms with Crippen molar-refractivity contribution in [3.63, 3.8) is 0 Å². The molecule has 0 spiro atoms. The maximum atomic E-state index is 12.0.